The first-order chi connectivity index (χ1) is 11.2. The average Bonchev–Trinajstić information content (AvgIpc) is 2.53. The molecule has 0 saturated heterocycles. The molecule has 2 rings (SSSR count). The summed E-state index contributed by atoms with van der Waals surface area (Å²) < 4.78 is 38.8. The van der Waals surface area contributed by atoms with E-state index in [2.05, 4.69) is 25.5 Å². The third kappa shape index (κ3) is 4.42. The second-order valence-electron chi connectivity index (χ2n) is 7.55. The molecule has 0 radical (unpaired) electrons. The maximum absolute atomic E-state index is 12.8. The van der Waals surface area contributed by atoms with E-state index in [4.69, 9.17) is 9.47 Å². The first kappa shape index (κ1) is 19.1. The Bertz CT molecular complexity index is 656. The predicted molar refractivity (Wildman–Crippen MR) is 95.1 cm³/mol. The van der Waals surface area contributed by atoms with Gasteiger partial charge >= 0.3 is 0 Å². The molecule has 0 unspecified atom stereocenters. The number of ether oxygens (including phenoxy) is 2. The number of rotatable bonds is 5. The average molecular weight is 356 g/mol. The quantitative estimate of drug-likeness (QED) is 0.877. The zero-order valence-corrected chi connectivity index (χ0v) is 16.1. The van der Waals surface area contributed by atoms with Gasteiger partial charge in [0.2, 0.25) is 10.0 Å². The first-order valence-corrected chi connectivity index (χ1v) is 9.90. The van der Waals surface area contributed by atoms with Crippen molar-refractivity contribution in [2.45, 2.75) is 57.4 Å². The Morgan fingerprint density at radius 3 is 2.17 bits per heavy atom. The van der Waals surface area contributed by atoms with Gasteiger partial charge in [-0.1, -0.05) is 20.8 Å². The Morgan fingerprint density at radius 2 is 1.67 bits per heavy atom. The minimum Gasteiger partial charge on any atom is -0.497 e. The molecule has 6 heteroatoms. The van der Waals surface area contributed by atoms with Crippen LogP contribution in [0.2, 0.25) is 0 Å². The second kappa shape index (κ2) is 7.31. The monoisotopic (exact) mass is 355 g/mol. The highest BCUT2D eigenvalue weighted by atomic mass is 32.2. The Labute approximate surface area is 145 Å². The fourth-order valence-corrected chi connectivity index (χ4v) is 4.84. The third-order valence-corrected chi connectivity index (χ3v) is 6.48. The normalized spacial score (nSPS) is 22.2. The van der Waals surface area contributed by atoms with Gasteiger partial charge in [-0.25, -0.2) is 13.1 Å². The van der Waals surface area contributed by atoms with E-state index in [0.29, 0.717) is 17.4 Å². The van der Waals surface area contributed by atoms with Crippen LogP contribution in [0.1, 0.15) is 46.5 Å². The molecular weight excluding hydrogens is 326 g/mol. The summed E-state index contributed by atoms with van der Waals surface area (Å²) in [6.07, 6.45) is 3.83. The molecule has 0 aliphatic heterocycles. The van der Waals surface area contributed by atoms with Gasteiger partial charge in [-0.2, -0.15) is 0 Å². The minimum absolute atomic E-state index is 0.0236. The van der Waals surface area contributed by atoms with Crippen molar-refractivity contribution in [2.24, 2.45) is 11.3 Å². The summed E-state index contributed by atoms with van der Waals surface area (Å²) in [6, 6.07) is 4.78. The highest BCUT2D eigenvalue weighted by molar-refractivity contribution is 7.89. The summed E-state index contributed by atoms with van der Waals surface area (Å²) in [5.74, 6) is 1.46. The topological polar surface area (TPSA) is 64.6 Å². The van der Waals surface area contributed by atoms with Crippen molar-refractivity contribution in [3.8, 4) is 11.5 Å². The lowest BCUT2D eigenvalue weighted by Gasteiger charge is -2.37. The van der Waals surface area contributed by atoms with Crippen molar-refractivity contribution in [2.75, 3.05) is 14.2 Å². The smallest absolute Gasteiger partial charge is 0.244 e. The molecule has 0 spiro atoms. The molecule has 1 saturated carbocycles. The van der Waals surface area contributed by atoms with Crippen LogP contribution in [0.15, 0.2) is 23.1 Å². The third-order valence-electron chi connectivity index (χ3n) is 4.93. The Morgan fingerprint density at radius 1 is 1.04 bits per heavy atom. The standard InChI is InChI=1S/C18H29NO4S/c1-18(2,3)13-6-8-14(9-7-13)19-24(20,21)17-12-15(22-4)10-11-16(17)23-5/h10-14,19H,6-9H2,1-5H3. The van der Waals surface area contributed by atoms with Crippen molar-refractivity contribution >= 4 is 10.0 Å². The summed E-state index contributed by atoms with van der Waals surface area (Å²) >= 11 is 0. The van der Waals surface area contributed by atoms with Gasteiger partial charge in [0, 0.05) is 12.1 Å². The van der Waals surface area contributed by atoms with Gasteiger partial charge in [0.15, 0.2) is 0 Å². The number of hydrogen-bond donors (Lipinski definition) is 1. The first-order valence-electron chi connectivity index (χ1n) is 8.41. The summed E-state index contributed by atoms with van der Waals surface area (Å²) in [5, 5.41) is 0. The molecular formula is C18H29NO4S. The molecule has 5 nitrogen and oxygen atoms in total. The minimum atomic E-state index is -3.64. The molecule has 0 amide bonds. The van der Waals surface area contributed by atoms with Crippen molar-refractivity contribution in [3.05, 3.63) is 18.2 Å². The van der Waals surface area contributed by atoms with Crippen LogP contribution >= 0.6 is 0 Å². The van der Waals surface area contributed by atoms with Crippen molar-refractivity contribution in [1.29, 1.82) is 0 Å². The largest absolute Gasteiger partial charge is 0.497 e. The molecule has 1 aromatic carbocycles. The van der Waals surface area contributed by atoms with Crippen molar-refractivity contribution < 1.29 is 17.9 Å². The van der Waals surface area contributed by atoms with Crippen LogP contribution < -0.4 is 14.2 Å². The van der Waals surface area contributed by atoms with Crippen molar-refractivity contribution in [1.82, 2.24) is 4.72 Å². The Hall–Kier alpha value is -1.27. The highest BCUT2D eigenvalue weighted by Gasteiger charge is 2.32. The van der Waals surface area contributed by atoms with E-state index in [0.717, 1.165) is 25.7 Å². The molecule has 1 aliphatic carbocycles. The summed E-state index contributed by atoms with van der Waals surface area (Å²) in [6.45, 7) is 6.76. The summed E-state index contributed by atoms with van der Waals surface area (Å²) in [5.41, 5.74) is 0.278. The lowest BCUT2D eigenvalue weighted by Crippen LogP contribution is -2.39. The number of nitrogens with one attached hydrogen (secondary N) is 1. The molecule has 0 aromatic heterocycles. The molecule has 1 N–H and O–H groups in total. The number of benzene rings is 1. The lowest BCUT2D eigenvalue weighted by atomic mass is 9.71. The molecule has 0 atom stereocenters. The van der Waals surface area contributed by atoms with E-state index in [1.807, 2.05) is 0 Å². The Balaban J connectivity index is 2.13. The SMILES string of the molecule is COc1ccc(OC)c(S(=O)(=O)NC2CCC(C(C)(C)C)CC2)c1. The van der Waals surface area contributed by atoms with Gasteiger partial charge in [-0.15, -0.1) is 0 Å². The van der Waals surface area contributed by atoms with Gasteiger partial charge in [0.05, 0.1) is 14.2 Å². The fourth-order valence-electron chi connectivity index (χ4n) is 3.35. The van der Waals surface area contributed by atoms with Crippen LogP contribution in [0.5, 0.6) is 11.5 Å². The summed E-state index contributed by atoms with van der Waals surface area (Å²) in [4.78, 5) is 0.127. The van der Waals surface area contributed by atoms with Crippen LogP contribution in [0.4, 0.5) is 0 Å². The maximum atomic E-state index is 12.8. The molecule has 1 aliphatic rings. The van der Waals surface area contributed by atoms with E-state index >= 15 is 0 Å². The van der Waals surface area contributed by atoms with E-state index in [1.165, 1.54) is 20.3 Å². The zero-order valence-electron chi connectivity index (χ0n) is 15.3. The lowest BCUT2D eigenvalue weighted by molar-refractivity contribution is 0.166. The maximum Gasteiger partial charge on any atom is 0.244 e. The fraction of sp³-hybridized carbons (Fsp3) is 0.667. The predicted octanol–water partition coefficient (Wildman–Crippen LogP) is 3.59. The zero-order chi connectivity index (χ0) is 18.0. The molecule has 1 aromatic rings. The van der Waals surface area contributed by atoms with E-state index in [1.54, 1.807) is 12.1 Å². The van der Waals surface area contributed by atoms with Gasteiger partial charge in [-0.3, -0.25) is 0 Å². The van der Waals surface area contributed by atoms with Crippen LogP contribution in [0.25, 0.3) is 0 Å². The second-order valence-corrected chi connectivity index (χ2v) is 9.24. The van der Waals surface area contributed by atoms with Gasteiger partial charge in [0.1, 0.15) is 16.4 Å². The highest BCUT2D eigenvalue weighted by Crippen LogP contribution is 2.38. The van der Waals surface area contributed by atoms with E-state index in [9.17, 15) is 8.42 Å². The molecule has 0 heterocycles. The van der Waals surface area contributed by atoms with Crippen molar-refractivity contribution in [3.63, 3.8) is 0 Å². The van der Waals surface area contributed by atoms with Gasteiger partial charge in [-0.05, 0) is 49.1 Å². The van der Waals surface area contributed by atoms with Crippen LogP contribution in [-0.2, 0) is 10.0 Å². The Kier molecular flexibility index (Phi) is 5.81. The van der Waals surface area contributed by atoms with E-state index in [-0.39, 0.29) is 16.4 Å². The number of methoxy groups -OCH3 is 2. The molecule has 136 valence electrons. The molecule has 24 heavy (non-hydrogen) atoms. The molecule has 0 bridgehead atoms. The summed E-state index contributed by atoms with van der Waals surface area (Å²) in [7, 11) is -0.662. The molecule has 1 fully saturated rings. The van der Waals surface area contributed by atoms with Crippen LogP contribution in [0, 0.1) is 11.3 Å². The van der Waals surface area contributed by atoms with Crippen LogP contribution in [0.3, 0.4) is 0 Å². The number of sulfonamides is 1. The van der Waals surface area contributed by atoms with Gasteiger partial charge in [0.25, 0.3) is 0 Å². The van der Waals surface area contributed by atoms with E-state index < -0.39 is 10.0 Å². The van der Waals surface area contributed by atoms with Crippen LogP contribution in [-0.4, -0.2) is 28.7 Å². The number of hydrogen-bond acceptors (Lipinski definition) is 4. The van der Waals surface area contributed by atoms with Gasteiger partial charge < -0.3 is 9.47 Å².